The van der Waals surface area contributed by atoms with Crippen LogP contribution < -0.4 is 21.1 Å². The van der Waals surface area contributed by atoms with Crippen LogP contribution in [-0.2, 0) is 10.8 Å². The minimum atomic E-state index is -0.0349. The second kappa shape index (κ2) is 14.5. The van der Waals surface area contributed by atoms with Crippen LogP contribution in [0.2, 0.25) is 0 Å². The number of fused-ring (bicyclic) bond motifs is 10. The van der Waals surface area contributed by atoms with Crippen molar-refractivity contribution < 1.29 is 4.42 Å². The molecule has 0 fully saturated rings. The van der Waals surface area contributed by atoms with E-state index in [9.17, 15) is 0 Å². The van der Waals surface area contributed by atoms with Crippen molar-refractivity contribution >= 4 is 121 Å². The Hall–Kier alpha value is -6.60. The van der Waals surface area contributed by atoms with Gasteiger partial charge in [-0.15, -0.1) is 22.7 Å². The molecule has 0 saturated heterocycles. The van der Waals surface area contributed by atoms with Gasteiger partial charge in [-0.1, -0.05) is 151 Å². The fraction of sp³-hybridized carbons (Fsp3) is 0.138. The van der Waals surface area contributed by atoms with Gasteiger partial charge in [0.05, 0.1) is 10.7 Å². The topological polar surface area (TPSA) is 28.4 Å². The zero-order valence-corrected chi connectivity index (χ0v) is 38.5. The molecule has 8 aromatic carbocycles. The third kappa shape index (κ3) is 6.22. The summed E-state index contributed by atoms with van der Waals surface area (Å²) in [5.41, 5.74) is 15.7. The van der Waals surface area contributed by atoms with Gasteiger partial charge >= 0.3 is 0 Å². The number of hydrogen-bond acceptors (Lipinski definition) is 5. The first-order chi connectivity index (χ1) is 31.0. The molecule has 0 amide bonds. The molecule has 0 unspecified atom stereocenters. The lowest BCUT2D eigenvalue weighted by atomic mass is 9.58. The molecule has 3 aromatic heterocycles. The van der Waals surface area contributed by atoms with Crippen LogP contribution in [0.25, 0.3) is 74.5 Å². The average Bonchev–Trinajstić information content (AvgIpc) is 3.99. The second-order valence-corrected chi connectivity index (χ2v) is 21.3. The molecule has 12 rings (SSSR count). The lowest BCUT2D eigenvalue weighted by Crippen LogP contribution is -2.40. The van der Waals surface area contributed by atoms with Crippen molar-refractivity contribution in [3.05, 3.63) is 175 Å². The van der Waals surface area contributed by atoms with E-state index in [0.29, 0.717) is 0 Å². The van der Waals surface area contributed by atoms with Crippen LogP contribution in [0.1, 0.15) is 52.7 Å². The van der Waals surface area contributed by atoms with Crippen molar-refractivity contribution in [2.75, 3.05) is 10.2 Å². The molecule has 0 aliphatic carbocycles. The van der Waals surface area contributed by atoms with E-state index < -0.39 is 0 Å². The summed E-state index contributed by atoms with van der Waals surface area (Å²) in [4.78, 5) is 2.57. The molecule has 3 nitrogen and oxygen atoms in total. The zero-order valence-electron chi connectivity index (χ0n) is 36.8. The molecule has 1 aliphatic rings. The van der Waals surface area contributed by atoms with Crippen LogP contribution in [0.15, 0.2) is 168 Å². The maximum atomic E-state index is 7.17. The van der Waals surface area contributed by atoms with Crippen LogP contribution >= 0.6 is 22.7 Å². The van der Waals surface area contributed by atoms with Gasteiger partial charge in [0.2, 0.25) is 0 Å². The van der Waals surface area contributed by atoms with Crippen molar-refractivity contribution in [3.63, 3.8) is 0 Å². The first-order valence-corrected chi connectivity index (χ1v) is 23.8. The van der Waals surface area contributed by atoms with E-state index >= 15 is 0 Å². The molecule has 309 valence electrons. The number of anilines is 5. The summed E-state index contributed by atoms with van der Waals surface area (Å²) in [7, 11) is 2.46. The summed E-state index contributed by atoms with van der Waals surface area (Å²) >= 11 is 3.73. The normalized spacial score (nSPS) is 12.9. The molecule has 6 heteroatoms. The molecule has 1 N–H and O–H groups in total. The van der Waals surface area contributed by atoms with E-state index in [1.165, 1.54) is 63.0 Å². The fourth-order valence-electron chi connectivity index (χ4n) is 9.69. The van der Waals surface area contributed by atoms with Crippen LogP contribution in [0, 0.1) is 0 Å². The molecule has 64 heavy (non-hydrogen) atoms. The maximum Gasteiger partial charge on any atom is 0.200 e. The Labute approximate surface area is 382 Å². The lowest BCUT2D eigenvalue weighted by molar-refractivity contribution is 0.590. The maximum absolute atomic E-state index is 7.17. The highest BCUT2D eigenvalue weighted by atomic mass is 32.1. The molecule has 0 bridgehead atoms. The summed E-state index contributed by atoms with van der Waals surface area (Å²) < 4.78 is 10.9. The van der Waals surface area contributed by atoms with Gasteiger partial charge in [0, 0.05) is 69.4 Å². The van der Waals surface area contributed by atoms with Crippen molar-refractivity contribution in [1.29, 1.82) is 0 Å². The Morgan fingerprint density at radius 1 is 0.516 bits per heavy atom. The number of furan rings is 1. The Morgan fingerprint density at radius 3 is 1.92 bits per heavy atom. The molecule has 11 aromatic rings. The van der Waals surface area contributed by atoms with Crippen LogP contribution in [0.3, 0.4) is 0 Å². The number of thiophene rings is 2. The molecular formula is C58H46BN2OS2. The van der Waals surface area contributed by atoms with E-state index in [2.05, 4.69) is 223 Å². The third-order valence-corrected chi connectivity index (χ3v) is 15.4. The molecular weight excluding hydrogens is 816 g/mol. The Balaban J connectivity index is 1.22. The van der Waals surface area contributed by atoms with E-state index in [-0.39, 0.29) is 10.8 Å². The van der Waals surface area contributed by atoms with Gasteiger partial charge in [-0.2, -0.15) is 0 Å². The van der Waals surface area contributed by atoms with Crippen molar-refractivity contribution in [1.82, 2.24) is 0 Å². The van der Waals surface area contributed by atoms with Gasteiger partial charge in [-0.05, 0) is 98.4 Å². The molecule has 1 aliphatic heterocycles. The van der Waals surface area contributed by atoms with Gasteiger partial charge in [0.25, 0.3) is 0 Å². The van der Waals surface area contributed by atoms with Gasteiger partial charge in [-0.3, -0.25) is 0 Å². The smallest absolute Gasteiger partial charge is 0.200 e. The van der Waals surface area contributed by atoms with E-state index in [4.69, 9.17) is 4.42 Å². The summed E-state index contributed by atoms with van der Waals surface area (Å²) in [6, 6.07) is 60.2. The van der Waals surface area contributed by atoms with Crippen molar-refractivity contribution in [2.45, 2.75) is 52.4 Å². The largest absolute Gasteiger partial charge is 0.455 e. The second-order valence-electron chi connectivity index (χ2n) is 19.2. The standard InChI is InChI=1S/C58H46BN2OS2/c1-57(2,3)35-24-27-37(28-25-35)60-44-30-29-40-39-19-11-14-22-48(39)63-55(40)50(44)51-53-46(33-43-38-18-10-13-21-47(38)62-54(43)51)61(56-52(59-53)41-20-12-15-23-49(41)64-56)45-31-26-36(58(4,5)6)32-42(45)34-16-8-7-9-17-34/h7-33,60H,1-6H3. The zero-order chi connectivity index (χ0) is 43.5. The highest BCUT2D eigenvalue weighted by Gasteiger charge is 2.36. The van der Waals surface area contributed by atoms with Gasteiger partial charge in [-0.25, -0.2) is 0 Å². The SMILES string of the molecule is CC(C)(C)c1ccc(Nc2ccc3c(sc4ccccc43)c2-c2c3c(cc4c2oc2ccccc24)N(c2ccc(C(C)(C)C)cc2-c2ccccc2)c2sc4ccccc4c2[B]3)cc1. The van der Waals surface area contributed by atoms with E-state index in [0.717, 1.165) is 61.3 Å². The number of nitrogens with zero attached hydrogens (tertiary/aromatic N) is 1. The average molecular weight is 862 g/mol. The molecule has 4 heterocycles. The van der Waals surface area contributed by atoms with E-state index in [1.54, 1.807) is 0 Å². The minimum absolute atomic E-state index is 0.0349. The summed E-state index contributed by atoms with van der Waals surface area (Å²) in [6.45, 7) is 13.7. The highest BCUT2D eigenvalue weighted by Crippen LogP contribution is 2.52. The summed E-state index contributed by atoms with van der Waals surface area (Å²) in [5.74, 6) is 0. The monoisotopic (exact) mass is 861 g/mol. The Kier molecular flexibility index (Phi) is 8.82. The first kappa shape index (κ1) is 39.0. The van der Waals surface area contributed by atoms with Crippen LogP contribution in [0.4, 0.5) is 27.8 Å². The summed E-state index contributed by atoms with van der Waals surface area (Å²) in [6.07, 6.45) is 0. The van der Waals surface area contributed by atoms with Gasteiger partial charge in [0.15, 0.2) is 7.28 Å². The summed E-state index contributed by atoms with van der Waals surface area (Å²) in [5, 5.41) is 11.1. The molecule has 1 radical (unpaired) electrons. The highest BCUT2D eigenvalue weighted by molar-refractivity contribution is 7.26. The van der Waals surface area contributed by atoms with Crippen molar-refractivity contribution in [3.8, 4) is 22.3 Å². The number of rotatable bonds is 5. The number of benzene rings is 8. The number of nitrogens with one attached hydrogen (secondary N) is 1. The lowest BCUT2D eigenvalue weighted by Gasteiger charge is -2.35. The van der Waals surface area contributed by atoms with Gasteiger partial charge in [0.1, 0.15) is 11.2 Å². The van der Waals surface area contributed by atoms with Crippen LogP contribution in [0.5, 0.6) is 0 Å². The van der Waals surface area contributed by atoms with Gasteiger partial charge < -0.3 is 14.6 Å². The predicted octanol–water partition coefficient (Wildman–Crippen LogP) is 16.3. The predicted molar refractivity (Wildman–Crippen MR) is 280 cm³/mol. The molecule has 0 atom stereocenters. The van der Waals surface area contributed by atoms with Crippen LogP contribution in [-0.4, -0.2) is 7.28 Å². The van der Waals surface area contributed by atoms with Crippen molar-refractivity contribution in [2.24, 2.45) is 0 Å². The molecule has 0 saturated carbocycles. The quantitative estimate of drug-likeness (QED) is 0.175. The Bertz CT molecular complexity index is 3640. The third-order valence-electron chi connectivity index (χ3n) is 13.0. The number of para-hydroxylation sites is 1. The minimum Gasteiger partial charge on any atom is -0.455 e. The van der Waals surface area contributed by atoms with E-state index in [1.807, 2.05) is 22.7 Å². The first-order valence-electron chi connectivity index (χ1n) is 22.2. The number of hydrogen-bond donors (Lipinski definition) is 1. The molecule has 0 spiro atoms. The fourth-order valence-corrected chi connectivity index (χ4v) is 12.2. The Morgan fingerprint density at radius 2 is 1.17 bits per heavy atom.